The van der Waals surface area contributed by atoms with Crippen molar-refractivity contribution in [1.82, 2.24) is 0 Å². The summed E-state index contributed by atoms with van der Waals surface area (Å²) >= 11 is 6.71. The molecule has 0 aromatic rings. The maximum Gasteiger partial charge on any atom is 0.335 e. The highest BCUT2D eigenvalue weighted by atomic mass is 32.2. The molecule has 1 fully saturated rings. The third-order valence-electron chi connectivity index (χ3n) is 3.19. The van der Waals surface area contributed by atoms with Gasteiger partial charge in [-0.15, -0.1) is 0 Å². The number of rotatable bonds is 5. The van der Waals surface area contributed by atoms with Gasteiger partial charge in [-0.05, 0) is 38.4 Å². The molecule has 0 radical (unpaired) electrons. The van der Waals surface area contributed by atoms with Crippen LogP contribution in [0.2, 0.25) is 0 Å². The number of esters is 1. The molecule has 4 nitrogen and oxygen atoms in total. The summed E-state index contributed by atoms with van der Waals surface area (Å²) in [6, 6.07) is 0. The number of hydrogen-bond acceptors (Lipinski definition) is 6. The van der Waals surface area contributed by atoms with E-state index in [0.29, 0.717) is 17.6 Å². The Hall–Kier alpha value is -0.330. The van der Waals surface area contributed by atoms with Crippen molar-refractivity contribution in [2.75, 3.05) is 20.3 Å². The number of ether oxygens (including phenoxy) is 3. The van der Waals surface area contributed by atoms with E-state index in [4.69, 9.17) is 26.4 Å². The maximum absolute atomic E-state index is 11.8. The topological polar surface area (TPSA) is 44.8 Å². The van der Waals surface area contributed by atoms with Gasteiger partial charge in [0.15, 0.2) is 6.10 Å². The Balaban J connectivity index is 2.69. The van der Waals surface area contributed by atoms with Gasteiger partial charge in [-0.1, -0.05) is 18.7 Å². The minimum Gasteiger partial charge on any atom is -0.479 e. The van der Waals surface area contributed by atoms with Crippen molar-refractivity contribution in [3.8, 4) is 0 Å². The molecule has 1 saturated heterocycles. The number of thiocarbonyl (C=S) groups is 1. The van der Waals surface area contributed by atoms with Crippen molar-refractivity contribution in [3.05, 3.63) is 0 Å². The molecule has 0 spiro atoms. The summed E-state index contributed by atoms with van der Waals surface area (Å²) in [5.41, 5.74) is 0. The quantitative estimate of drug-likeness (QED) is 0.575. The van der Waals surface area contributed by atoms with E-state index in [0.717, 1.165) is 19.3 Å². The summed E-state index contributed by atoms with van der Waals surface area (Å²) in [7, 11) is 1.40. The Morgan fingerprint density at radius 1 is 1.53 bits per heavy atom. The van der Waals surface area contributed by atoms with Gasteiger partial charge in [-0.25, -0.2) is 4.79 Å². The number of carbonyl (C=O) groups excluding carboxylic acids is 1. The first-order valence-electron chi connectivity index (χ1n) is 6.66. The highest BCUT2D eigenvalue weighted by Crippen LogP contribution is 2.34. The second-order valence-electron chi connectivity index (χ2n) is 4.37. The minimum absolute atomic E-state index is 0.134. The number of methoxy groups -OCH3 is 1. The van der Waals surface area contributed by atoms with Crippen LogP contribution in [0.4, 0.5) is 0 Å². The lowest BCUT2D eigenvalue weighted by Crippen LogP contribution is -2.42. The summed E-state index contributed by atoms with van der Waals surface area (Å²) in [6.45, 7) is 5.20. The van der Waals surface area contributed by atoms with E-state index in [1.54, 1.807) is 0 Å². The van der Waals surface area contributed by atoms with Gasteiger partial charge < -0.3 is 14.2 Å². The van der Waals surface area contributed by atoms with E-state index in [2.05, 4.69) is 6.92 Å². The van der Waals surface area contributed by atoms with Gasteiger partial charge in [0.2, 0.25) is 4.38 Å². The Morgan fingerprint density at radius 3 is 2.84 bits per heavy atom. The molecule has 0 aromatic carbocycles. The minimum atomic E-state index is -0.472. The van der Waals surface area contributed by atoms with Crippen LogP contribution in [0.3, 0.4) is 0 Å². The molecule has 1 aliphatic heterocycles. The number of thioether (sulfide) groups is 1. The van der Waals surface area contributed by atoms with Crippen LogP contribution < -0.4 is 0 Å². The Kier molecular flexibility index (Phi) is 7.71. The average molecular weight is 306 g/mol. The third kappa shape index (κ3) is 4.93. The smallest absolute Gasteiger partial charge is 0.335 e. The van der Waals surface area contributed by atoms with Gasteiger partial charge in [0.1, 0.15) is 0 Å². The molecule has 1 heterocycles. The van der Waals surface area contributed by atoms with Crippen LogP contribution in [0.15, 0.2) is 0 Å². The van der Waals surface area contributed by atoms with Crippen LogP contribution in [0.1, 0.15) is 33.1 Å². The van der Waals surface area contributed by atoms with E-state index in [1.807, 2.05) is 6.92 Å². The van der Waals surface area contributed by atoms with Gasteiger partial charge >= 0.3 is 5.97 Å². The lowest BCUT2D eigenvalue weighted by Gasteiger charge is -2.34. The Labute approximate surface area is 124 Å². The average Bonchev–Trinajstić information content (AvgIpc) is 2.44. The molecule has 0 aliphatic carbocycles. The monoisotopic (exact) mass is 306 g/mol. The zero-order valence-corrected chi connectivity index (χ0v) is 13.4. The fourth-order valence-corrected chi connectivity index (χ4v) is 3.84. The van der Waals surface area contributed by atoms with Gasteiger partial charge in [-0.3, -0.25) is 0 Å². The predicted octanol–water partition coefficient (Wildman–Crippen LogP) is 2.79. The fourth-order valence-electron chi connectivity index (χ4n) is 2.29. The van der Waals surface area contributed by atoms with Crippen LogP contribution in [0.5, 0.6) is 0 Å². The summed E-state index contributed by atoms with van der Waals surface area (Å²) in [5, 5.41) is 0.225. The summed E-state index contributed by atoms with van der Waals surface area (Å²) in [4.78, 5) is 11.8. The maximum atomic E-state index is 11.8. The van der Waals surface area contributed by atoms with E-state index in [1.165, 1.54) is 18.9 Å². The Bertz CT molecular complexity index is 309. The zero-order valence-electron chi connectivity index (χ0n) is 11.7. The highest BCUT2D eigenvalue weighted by Gasteiger charge is 2.38. The van der Waals surface area contributed by atoms with Crippen molar-refractivity contribution in [2.24, 2.45) is 5.92 Å². The molecular formula is C13H22O4S2. The standard InChI is InChI=1S/C13H22O4S2/c1-4-10(19-13(18)16-5-2)9-7-6-8-17-11(9)12(14)15-3/h9-11H,4-8H2,1-3H3/t9-,10?,11+/m0/s1. The molecule has 1 rings (SSSR count). The first kappa shape index (κ1) is 16.7. The van der Waals surface area contributed by atoms with Crippen LogP contribution in [-0.4, -0.2) is 42.0 Å². The van der Waals surface area contributed by atoms with Crippen molar-refractivity contribution in [1.29, 1.82) is 0 Å². The first-order chi connectivity index (χ1) is 9.13. The molecule has 0 N–H and O–H groups in total. The number of carbonyl (C=O) groups is 1. The lowest BCUT2D eigenvalue weighted by molar-refractivity contribution is -0.161. The molecule has 6 heteroatoms. The SMILES string of the molecule is CCOC(=S)SC(CC)[C@@H]1CCCO[C@H]1C(=O)OC. The van der Waals surface area contributed by atoms with Crippen molar-refractivity contribution >= 4 is 34.3 Å². The highest BCUT2D eigenvalue weighted by molar-refractivity contribution is 8.23. The molecule has 1 aliphatic rings. The predicted molar refractivity (Wildman–Crippen MR) is 80.4 cm³/mol. The summed E-state index contributed by atoms with van der Waals surface area (Å²) in [5.74, 6) is -0.152. The normalized spacial score (nSPS) is 24.6. The second kappa shape index (κ2) is 8.76. The number of hydrogen-bond donors (Lipinski definition) is 0. The second-order valence-corrected chi connectivity index (χ2v) is 6.21. The Morgan fingerprint density at radius 2 is 2.26 bits per heavy atom. The van der Waals surface area contributed by atoms with Crippen LogP contribution in [0, 0.1) is 5.92 Å². The molecule has 1 unspecified atom stereocenters. The molecule has 0 amide bonds. The van der Waals surface area contributed by atoms with Crippen molar-refractivity contribution in [3.63, 3.8) is 0 Å². The van der Waals surface area contributed by atoms with Crippen LogP contribution >= 0.6 is 24.0 Å². The molecular weight excluding hydrogens is 284 g/mol. The van der Waals surface area contributed by atoms with Crippen molar-refractivity contribution < 1.29 is 19.0 Å². The van der Waals surface area contributed by atoms with E-state index in [-0.39, 0.29) is 17.1 Å². The molecule has 19 heavy (non-hydrogen) atoms. The van der Waals surface area contributed by atoms with Gasteiger partial charge in [0, 0.05) is 17.8 Å². The van der Waals surface area contributed by atoms with Crippen molar-refractivity contribution in [2.45, 2.75) is 44.5 Å². The van der Waals surface area contributed by atoms with Gasteiger partial charge in [0.05, 0.1) is 13.7 Å². The van der Waals surface area contributed by atoms with Gasteiger partial charge in [-0.2, -0.15) is 0 Å². The molecule has 3 atom stereocenters. The fraction of sp³-hybridized carbons (Fsp3) is 0.846. The molecule has 0 aromatic heterocycles. The lowest BCUT2D eigenvalue weighted by atomic mass is 9.89. The summed E-state index contributed by atoms with van der Waals surface area (Å²) < 4.78 is 16.3. The largest absolute Gasteiger partial charge is 0.479 e. The summed E-state index contributed by atoms with van der Waals surface area (Å²) in [6.07, 6.45) is 2.37. The third-order valence-corrected chi connectivity index (χ3v) is 4.89. The van der Waals surface area contributed by atoms with Crippen LogP contribution in [-0.2, 0) is 19.0 Å². The molecule has 110 valence electrons. The zero-order chi connectivity index (χ0) is 14.3. The molecule has 0 saturated carbocycles. The first-order valence-corrected chi connectivity index (χ1v) is 7.95. The van der Waals surface area contributed by atoms with E-state index >= 15 is 0 Å². The van der Waals surface area contributed by atoms with E-state index < -0.39 is 6.10 Å². The van der Waals surface area contributed by atoms with E-state index in [9.17, 15) is 4.79 Å². The van der Waals surface area contributed by atoms with Gasteiger partial charge in [0.25, 0.3) is 0 Å². The molecule has 0 bridgehead atoms. The van der Waals surface area contributed by atoms with Crippen LogP contribution in [0.25, 0.3) is 0 Å².